The Labute approximate surface area is 171 Å². The van der Waals surface area contributed by atoms with E-state index in [2.05, 4.69) is 15.6 Å². The molecule has 0 fully saturated rings. The molecule has 2 aromatic carbocycles. The van der Waals surface area contributed by atoms with Crippen molar-refractivity contribution in [1.82, 2.24) is 15.6 Å². The predicted octanol–water partition coefficient (Wildman–Crippen LogP) is 2.50. The zero-order valence-electron chi connectivity index (χ0n) is 16.4. The molecular weight excluding hydrogens is 362 g/mol. The molecule has 1 heterocycles. The Morgan fingerprint density at radius 1 is 0.828 bits per heavy atom. The lowest BCUT2D eigenvalue weighted by Gasteiger charge is -2.23. The fraction of sp³-hybridized carbons (Fsp3) is 0.250. The number of pyridine rings is 1. The molecule has 3 N–H and O–H groups in total. The first kappa shape index (κ1) is 20.7. The first-order valence-corrected chi connectivity index (χ1v) is 9.86. The molecule has 0 unspecified atom stereocenters. The average Bonchev–Trinajstić information content (AvgIpc) is 2.78. The van der Waals surface area contributed by atoms with Gasteiger partial charge in [0.1, 0.15) is 0 Å². The minimum atomic E-state index is -0.407. The van der Waals surface area contributed by atoms with Crippen LogP contribution in [0.25, 0.3) is 0 Å². The summed E-state index contributed by atoms with van der Waals surface area (Å²) in [6, 6.07) is 22.9. The SMILES string of the molecule is O=C(N[C@H](CO)Cc1ccccc1)[C@H](Cc1ccccc1)NCc1ccncc1. The van der Waals surface area contributed by atoms with Crippen LogP contribution in [0.2, 0.25) is 0 Å². The molecule has 3 aromatic rings. The molecule has 3 rings (SSSR count). The number of hydrogen-bond donors (Lipinski definition) is 3. The van der Waals surface area contributed by atoms with Crippen LogP contribution in [-0.2, 0) is 24.2 Å². The number of carbonyl (C=O) groups is 1. The Hall–Kier alpha value is -3.02. The number of rotatable bonds is 10. The normalized spacial score (nSPS) is 12.9. The van der Waals surface area contributed by atoms with E-state index in [1.165, 1.54) is 0 Å². The van der Waals surface area contributed by atoms with Crippen LogP contribution in [-0.4, -0.2) is 34.7 Å². The molecule has 150 valence electrons. The maximum atomic E-state index is 13.0. The van der Waals surface area contributed by atoms with Gasteiger partial charge in [0.05, 0.1) is 18.7 Å². The van der Waals surface area contributed by atoms with E-state index in [1.807, 2.05) is 72.8 Å². The molecule has 0 radical (unpaired) electrons. The van der Waals surface area contributed by atoms with Gasteiger partial charge in [-0.2, -0.15) is 0 Å². The number of nitrogens with zero attached hydrogens (tertiary/aromatic N) is 1. The molecule has 1 amide bonds. The standard InChI is InChI=1S/C24H27N3O2/c28-18-22(15-19-7-3-1-4-8-19)27-24(29)23(16-20-9-5-2-6-10-20)26-17-21-11-13-25-14-12-21/h1-14,22-23,26,28H,15-18H2,(H,27,29)/t22-,23-/m0/s1. The fourth-order valence-electron chi connectivity index (χ4n) is 3.21. The highest BCUT2D eigenvalue weighted by atomic mass is 16.3. The Bertz CT molecular complexity index is 857. The first-order valence-electron chi connectivity index (χ1n) is 9.86. The third kappa shape index (κ3) is 6.82. The number of amides is 1. The van der Waals surface area contributed by atoms with Crippen LogP contribution in [0.5, 0.6) is 0 Å². The van der Waals surface area contributed by atoms with Gasteiger partial charge in [-0.05, 0) is 41.7 Å². The van der Waals surface area contributed by atoms with Gasteiger partial charge in [-0.1, -0.05) is 60.7 Å². The number of hydrogen-bond acceptors (Lipinski definition) is 4. The predicted molar refractivity (Wildman–Crippen MR) is 114 cm³/mol. The third-order valence-electron chi connectivity index (χ3n) is 4.79. The molecule has 1 aromatic heterocycles. The molecule has 0 aliphatic rings. The summed E-state index contributed by atoms with van der Waals surface area (Å²) < 4.78 is 0. The summed E-state index contributed by atoms with van der Waals surface area (Å²) in [6.07, 6.45) is 4.64. The van der Waals surface area contributed by atoms with E-state index < -0.39 is 6.04 Å². The third-order valence-corrected chi connectivity index (χ3v) is 4.79. The minimum Gasteiger partial charge on any atom is -0.394 e. The van der Waals surface area contributed by atoms with Crippen LogP contribution in [0.15, 0.2) is 85.2 Å². The largest absolute Gasteiger partial charge is 0.394 e. The maximum Gasteiger partial charge on any atom is 0.237 e. The minimum absolute atomic E-state index is 0.108. The van der Waals surface area contributed by atoms with Gasteiger partial charge in [-0.3, -0.25) is 9.78 Å². The summed E-state index contributed by atoms with van der Waals surface area (Å²) in [5, 5.41) is 16.1. The lowest BCUT2D eigenvalue weighted by molar-refractivity contribution is -0.124. The average molecular weight is 389 g/mol. The van der Waals surface area contributed by atoms with Gasteiger partial charge in [-0.15, -0.1) is 0 Å². The fourth-order valence-corrected chi connectivity index (χ4v) is 3.21. The highest BCUT2D eigenvalue weighted by Gasteiger charge is 2.21. The quantitative estimate of drug-likeness (QED) is 0.498. The summed E-state index contributed by atoms with van der Waals surface area (Å²) in [5.41, 5.74) is 3.23. The number of aromatic nitrogens is 1. The zero-order valence-corrected chi connectivity index (χ0v) is 16.4. The van der Waals surface area contributed by atoms with Crippen molar-refractivity contribution >= 4 is 5.91 Å². The van der Waals surface area contributed by atoms with Crippen LogP contribution < -0.4 is 10.6 Å². The highest BCUT2D eigenvalue weighted by molar-refractivity contribution is 5.82. The van der Waals surface area contributed by atoms with Gasteiger partial charge in [0.15, 0.2) is 0 Å². The van der Waals surface area contributed by atoms with Gasteiger partial charge in [0, 0.05) is 18.9 Å². The lowest BCUT2D eigenvalue weighted by atomic mass is 10.0. The van der Waals surface area contributed by atoms with Crippen molar-refractivity contribution < 1.29 is 9.90 Å². The van der Waals surface area contributed by atoms with E-state index in [9.17, 15) is 9.90 Å². The van der Waals surface area contributed by atoms with Gasteiger partial charge in [0.25, 0.3) is 0 Å². The van der Waals surface area contributed by atoms with Crippen molar-refractivity contribution in [2.45, 2.75) is 31.5 Å². The summed E-state index contributed by atoms with van der Waals surface area (Å²) in [4.78, 5) is 17.1. The second kappa shape index (κ2) is 11.1. The molecule has 0 spiro atoms. The molecule has 2 atom stereocenters. The topological polar surface area (TPSA) is 74.2 Å². The molecular formula is C24H27N3O2. The Morgan fingerprint density at radius 3 is 2.00 bits per heavy atom. The monoisotopic (exact) mass is 389 g/mol. The molecule has 5 heteroatoms. The van der Waals surface area contributed by atoms with Gasteiger partial charge >= 0.3 is 0 Å². The van der Waals surface area contributed by atoms with Crippen molar-refractivity contribution in [2.24, 2.45) is 0 Å². The van der Waals surface area contributed by atoms with Crippen molar-refractivity contribution in [2.75, 3.05) is 6.61 Å². The number of benzene rings is 2. The van der Waals surface area contributed by atoms with Crippen molar-refractivity contribution in [3.63, 3.8) is 0 Å². The Morgan fingerprint density at radius 2 is 1.41 bits per heavy atom. The van der Waals surface area contributed by atoms with E-state index >= 15 is 0 Å². The number of carbonyl (C=O) groups excluding carboxylic acids is 1. The lowest BCUT2D eigenvalue weighted by Crippen LogP contribution is -2.50. The molecule has 0 bridgehead atoms. The van der Waals surface area contributed by atoms with Crippen LogP contribution in [0.4, 0.5) is 0 Å². The van der Waals surface area contributed by atoms with E-state index in [0.717, 1.165) is 16.7 Å². The van der Waals surface area contributed by atoms with Crippen molar-refractivity contribution in [1.29, 1.82) is 0 Å². The van der Waals surface area contributed by atoms with E-state index in [0.29, 0.717) is 19.4 Å². The number of nitrogens with one attached hydrogen (secondary N) is 2. The highest BCUT2D eigenvalue weighted by Crippen LogP contribution is 2.07. The smallest absolute Gasteiger partial charge is 0.237 e. The van der Waals surface area contributed by atoms with E-state index in [-0.39, 0.29) is 18.6 Å². The molecule has 0 saturated heterocycles. The van der Waals surface area contributed by atoms with Crippen LogP contribution in [0.3, 0.4) is 0 Å². The van der Waals surface area contributed by atoms with Gasteiger partial charge in [-0.25, -0.2) is 0 Å². The van der Waals surface area contributed by atoms with Gasteiger partial charge in [0.2, 0.25) is 5.91 Å². The van der Waals surface area contributed by atoms with E-state index in [1.54, 1.807) is 12.4 Å². The maximum absolute atomic E-state index is 13.0. The molecule has 29 heavy (non-hydrogen) atoms. The first-order chi connectivity index (χ1) is 14.2. The van der Waals surface area contributed by atoms with Crippen LogP contribution >= 0.6 is 0 Å². The number of aliphatic hydroxyl groups excluding tert-OH is 1. The summed E-state index contributed by atoms with van der Waals surface area (Å²) >= 11 is 0. The molecule has 5 nitrogen and oxygen atoms in total. The van der Waals surface area contributed by atoms with Gasteiger partial charge < -0.3 is 15.7 Å². The summed E-state index contributed by atoms with van der Waals surface area (Å²) in [5.74, 6) is -0.113. The van der Waals surface area contributed by atoms with Crippen LogP contribution in [0, 0.1) is 0 Å². The second-order valence-electron chi connectivity index (χ2n) is 7.06. The zero-order chi connectivity index (χ0) is 20.3. The van der Waals surface area contributed by atoms with Crippen molar-refractivity contribution in [3.05, 3.63) is 102 Å². The summed E-state index contributed by atoms with van der Waals surface area (Å²) in [7, 11) is 0. The van der Waals surface area contributed by atoms with Crippen molar-refractivity contribution in [3.8, 4) is 0 Å². The Balaban J connectivity index is 1.66. The molecule has 0 saturated carbocycles. The second-order valence-corrected chi connectivity index (χ2v) is 7.06. The Kier molecular flexibility index (Phi) is 7.92. The summed E-state index contributed by atoms with van der Waals surface area (Å²) in [6.45, 7) is 0.457. The molecule has 0 aliphatic carbocycles. The number of aliphatic hydroxyl groups is 1. The van der Waals surface area contributed by atoms with E-state index in [4.69, 9.17) is 0 Å². The van der Waals surface area contributed by atoms with Crippen LogP contribution in [0.1, 0.15) is 16.7 Å². The molecule has 0 aliphatic heterocycles.